The number of rotatable bonds is 3. The van der Waals surface area contributed by atoms with E-state index in [-0.39, 0.29) is 6.10 Å². The molecule has 0 spiro atoms. The van der Waals surface area contributed by atoms with Gasteiger partial charge in [0.1, 0.15) is 0 Å². The molecule has 0 saturated carbocycles. The second kappa shape index (κ2) is 4.86. The Hall–Kier alpha value is -1.73. The van der Waals surface area contributed by atoms with Crippen molar-refractivity contribution in [3.8, 4) is 6.07 Å². The summed E-state index contributed by atoms with van der Waals surface area (Å²) in [5, 5.41) is 12.0. The third-order valence-corrected chi connectivity index (χ3v) is 2.73. The second-order valence-electron chi connectivity index (χ2n) is 3.93. The van der Waals surface area contributed by atoms with E-state index in [0.717, 1.165) is 31.7 Å². The molecular formula is C12H15N3O. The Kier molecular flexibility index (Phi) is 3.28. The minimum atomic E-state index is 0.269. The van der Waals surface area contributed by atoms with Gasteiger partial charge in [-0.05, 0) is 31.0 Å². The SMILES string of the molecule is N#Cc1ccc(N)c(NCC2CCCO2)c1. The molecule has 1 atom stereocenters. The van der Waals surface area contributed by atoms with Crippen LogP contribution in [-0.2, 0) is 4.74 Å². The molecule has 1 aliphatic rings. The van der Waals surface area contributed by atoms with Crippen LogP contribution in [0.5, 0.6) is 0 Å². The van der Waals surface area contributed by atoms with Crippen LogP contribution in [0.3, 0.4) is 0 Å². The zero-order valence-electron chi connectivity index (χ0n) is 9.07. The number of anilines is 2. The quantitative estimate of drug-likeness (QED) is 0.756. The van der Waals surface area contributed by atoms with E-state index in [0.29, 0.717) is 11.3 Å². The maximum atomic E-state index is 8.79. The predicted octanol–water partition coefficient (Wildman–Crippen LogP) is 1.73. The molecule has 1 aromatic rings. The molecule has 0 amide bonds. The summed E-state index contributed by atoms with van der Waals surface area (Å²) in [6.07, 6.45) is 2.48. The van der Waals surface area contributed by atoms with Crippen molar-refractivity contribution in [1.29, 1.82) is 5.26 Å². The van der Waals surface area contributed by atoms with Gasteiger partial charge in [0, 0.05) is 13.2 Å². The van der Waals surface area contributed by atoms with Gasteiger partial charge in [0.2, 0.25) is 0 Å². The lowest BCUT2D eigenvalue weighted by molar-refractivity contribution is 0.120. The van der Waals surface area contributed by atoms with Crippen molar-refractivity contribution in [2.45, 2.75) is 18.9 Å². The molecule has 4 nitrogen and oxygen atoms in total. The van der Waals surface area contributed by atoms with E-state index in [2.05, 4.69) is 11.4 Å². The van der Waals surface area contributed by atoms with E-state index >= 15 is 0 Å². The third kappa shape index (κ3) is 2.44. The van der Waals surface area contributed by atoms with Crippen molar-refractivity contribution >= 4 is 11.4 Å². The number of ether oxygens (including phenoxy) is 1. The maximum Gasteiger partial charge on any atom is 0.0992 e. The summed E-state index contributed by atoms with van der Waals surface area (Å²) >= 11 is 0. The lowest BCUT2D eigenvalue weighted by Crippen LogP contribution is -2.19. The van der Waals surface area contributed by atoms with E-state index in [1.54, 1.807) is 18.2 Å². The van der Waals surface area contributed by atoms with Gasteiger partial charge in [-0.15, -0.1) is 0 Å². The highest BCUT2D eigenvalue weighted by Crippen LogP contribution is 2.21. The standard InChI is InChI=1S/C12H15N3O/c13-7-9-3-4-11(14)12(6-9)15-8-10-2-1-5-16-10/h3-4,6,10,15H,1-2,5,8,14H2. The van der Waals surface area contributed by atoms with Gasteiger partial charge in [0.05, 0.1) is 29.1 Å². The van der Waals surface area contributed by atoms with Gasteiger partial charge in [0.15, 0.2) is 0 Å². The first-order valence-electron chi connectivity index (χ1n) is 5.44. The largest absolute Gasteiger partial charge is 0.397 e. The first-order chi connectivity index (χ1) is 7.79. The lowest BCUT2D eigenvalue weighted by atomic mass is 10.1. The average Bonchev–Trinajstić information content (AvgIpc) is 2.81. The van der Waals surface area contributed by atoms with E-state index in [4.69, 9.17) is 15.7 Å². The lowest BCUT2D eigenvalue weighted by Gasteiger charge is -2.13. The van der Waals surface area contributed by atoms with E-state index < -0.39 is 0 Å². The molecule has 1 aliphatic heterocycles. The van der Waals surface area contributed by atoms with Crippen molar-refractivity contribution < 1.29 is 4.74 Å². The van der Waals surface area contributed by atoms with E-state index in [1.165, 1.54) is 0 Å². The Morgan fingerprint density at radius 3 is 3.12 bits per heavy atom. The fraction of sp³-hybridized carbons (Fsp3) is 0.417. The van der Waals surface area contributed by atoms with Crippen molar-refractivity contribution in [2.24, 2.45) is 0 Å². The molecule has 0 bridgehead atoms. The minimum absolute atomic E-state index is 0.269. The molecule has 4 heteroatoms. The molecule has 2 rings (SSSR count). The van der Waals surface area contributed by atoms with Crippen LogP contribution in [0.2, 0.25) is 0 Å². The fourth-order valence-electron chi connectivity index (χ4n) is 1.81. The summed E-state index contributed by atoms with van der Waals surface area (Å²) in [6.45, 7) is 1.60. The van der Waals surface area contributed by atoms with E-state index in [9.17, 15) is 0 Å². The highest BCUT2D eigenvalue weighted by atomic mass is 16.5. The number of hydrogen-bond acceptors (Lipinski definition) is 4. The van der Waals surface area contributed by atoms with Crippen LogP contribution in [0.15, 0.2) is 18.2 Å². The van der Waals surface area contributed by atoms with Gasteiger partial charge in [-0.25, -0.2) is 0 Å². The third-order valence-electron chi connectivity index (χ3n) is 2.73. The monoisotopic (exact) mass is 217 g/mol. The zero-order valence-corrected chi connectivity index (χ0v) is 9.07. The van der Waals surface area contributed by atoms with Gasteiger partial charge in [-0.2, -0.15) is 5.26 Å². The second-order valence-corrected chi connectivity index (χ2v) is 3.93. The summed E-state index contributed by atoms with van der Waals surface area (Å²) < 4.78 is 5.50. The number of nitrogens with one attached hydrogen (secondary N) is 1. The Balaban J connectivity index is 2.00. The minimum Gasteiger partial charge on any atom is -0.397 e. The Morgan fingerprint density at radius 1 is 1.56 bits per heavy atom. The van der Waals surface area contributed by atoms with Crippen LogP contribution in [0.25, 0.3) is 0 Å². The summed E-state index contributed by atoms with van der Waals surface area (Å²) in [5.41, 5.74) is 7.91. The number of benzene rings is 1. The molecule has 0 radical (unpaired) electrons. The number of nitriles is 1. The Labute approximate surface area is 95.0 Å². The molecule has 0 aromatic heterocycles. The summed E-state index contributed by atoms with van der Waals surface area (Å²) in [6, 6.07) is 7.33. The number of nitrogen functional groups attached to an aromatic ring is 1. The number of nitrogens with zero attached hydrogens (tertiary/aromatic N) is 1. The molecule has 1 unspecified atom stereocenters. The molecular weight excluding hydrogens is 202 g/mol. The molecule has 3 N–H and O–H groups in total. The van der Waals surface area contributed by atoms with Gasteiger partial charge >= 0.3 is 0 Å². The summed E-state index contributed by atoms with van der Waals surface area (Å²) in [5.74, 6) is 0. The normalized spacial score (nSPS) is 19.3. The van der Waals surface area contributed by atoms with Crippen molar-refractivity contribution in [1.82, 2.24) is 0 Å². The van der Waals surface area contributed by atoms with Gasteiger partial charge in [-0.3, -0.25) is 0 Å². The highest BCUT2D eigenvalue weighted by molar-refractivity contribution is 5.68. The average molecular weight is 217 g/mol. The van der Waals surface area contributed by atoms with Gasteiger partial charge < -0.3 is 15.8 Å². The van der Waals surface area contributed by atoms with Gasteiger partial charge in [0.25, 0.3) is 0 Å². The number of hydrogen-bond donors (Lipinski definition) is 2. The molecule has 1 aromatic carbocycles. The van der Waals surface area contributed by atoms with E-state index in [1.807, 2.05) is 0 Å². The Bertz CT molecular complexity index is 405. The Morgan fingerprint density at radius 2 is 2.44 bits per heavy atom. The molecule has 1 heterocycles. The maximum absolute atomic E-state index is 8.79. The van der Waals surface area contributed by atoms with Crippen molar-refractivity contribution in [3.05, 3.63) is 23.8 Å². The first-order valence-corrected chi connectivity index (χ1v) is 5.44. The fourth-order valence-corrected chi connectivity index (χ4v) is 1.81. The topological polar surface area (TPSA) is 71.1 Å². The molecule has 0 aliphatic carbocycles. The summed E-state index contributed by atoms with van der Waals surface area (Å²) in [7, 11) is 0. The van der Waals surface area contributed by atoms with Crippen LogP contribution >= 0.6 is 0 Å². The molecule has 16 heavy (non-hydrogen) atoms. The molecule has 1 saturated heterocycles. The smallest absolute Gasteiger partial charge is 0.0992 e. The summed E-state index contributed by atoms with van der Waals surface area (Å²) in [4.78, 5) is 0. The number of nitrogens with two attached hydrogens (primary N) is 1. The first kappa shape index (κ1) is 10.8. The zero-order chi connectivity index (χ0) is 11.4. The molecule has 84 valence electrons. The highest BCUT2D eigenvalue weighted by Gasteiger charge is 2.15. The molecule has 1 fully saturated rings. The van der Waals surface area contributed by atoms with Crippen LogP contribution in [0.4, 0.5) is 11.4 Å². The predicted molar refractivity (Wildman–Crippen MR) is 63.0 cm³/mol. The van der Waals surface area contributed by atoms with Crippen LogP contribution in [0, 0.1) is 11.3 Å². The van der Waals surface area contributed by atoms with Gasteiger partial charge in [-0.1, -0.05) is 0 Å². The van der Waals surface area contributed by atoms with Crippen LogP contribution < -0.4 is 11.1 Å². The van der Waals surface area contributed by atoms with Crippen molar-refractivity contribution in [2.75, 3.05) is 24.2 Å². The van der Waals surface area contributed by atoms with Crippen LogP contribution in [0.1, 0.15) is 18.4 Å². The van der Waals surface area contributed by atoms with Crippen molar-refractivity contribution in [3.63, 3.8) is 0 Å². The van der Waals surface area contributed by atoms with Crippen LogP contribution in [-0.4, -0.2) is 19.3 Å².